The number of amides is 2. The second kappa shape index (κ2) is 12.9. The van der Waals surface area contributed by atoms with Gasteiger partial charge in [-0.1, -0.05) is 52.3 Å². The van der Waals surface area contributed by atoms with Crippen LogP contribution in [0.1, 0.15) is 33.6 Å². The lowest BCUT2D eigenvalue weighted by Gasteiger charge is -2.36. The lowest BCUT2D eigenvalue weighted by atomic mass is 10.0. The Bertz CT molecular complexity index is 2000. The molecular formula is C38H32BrN3O3S. The van der Waals surface area contributed by atoms with Gasteiger partial charge in [0, 0.05) is 21.5 Å². The summed E-state index contributed by atoms with van der Waals surface area (Å²) in [7, 11) is 0. The monoisotopic (exact) mass is 689 g/mol. The Kier molecular flexibility index (Phi) is 8.75. The third-order valence-corrected chi connectivity index (χ3v) is 9.09. The van der Waals surface area contributed by atoms with Gasteiger partial charge < -0.3 is 9.30 Å². The molecule has 230 valence electrons. The summed E-state index contributed by atoms with van der Waals surface area (Å²) in [6.07, 6.45) is 1.69. The minimum atomic E-state index is -0.460. The Morgan fingerprint density at radius 1 is 0.717 bits per heavy atom. The van der Waals surface area contributed by atoms with Gasteiger partial charge in [0.15, 0.2) is 5.11 Å². The Labute approximate surface area is 282 Å². The number of aromatic nitrogens is 1. The second-order valence-electron chi connectivity index (χ2n) is 11.3. The number of para-hydroxylation sites is 1. The summed E-state index contributed by atoms with van der Waals surface area (Å²) in [6, 6.07) is 32.9. The van der Waals surface area contributed by atoms with E-state index in [1.165, 1.54) is 9.80 Å². The lowest BCUT2D eigenvalue weighted by molar-refractivity contribution is -0.120. The summed E-state index contributed by atoms with van der Waals surface area (Å²) in [4.78, 5) is 31.0. The van der Waals surface area contributed by atoms with Crippen molar-refractivity contribution in [2.45, 2.75) is 34.3 Å². The molecule has 0 saturated carbocycles. The molecule has 0 spiro atoms. The van der Waals surface area contributed by atoms with E-state index in [0.29, 0.717) is 18.0 Å². The number of aryl methyl sites for hydroxylation is 3. The Hall–Kier alpha value is -4.79. The number of hydrogen-bond acceptors (Lipinski definition) is 4. The second-order valence-corrected chi connectivity index (χ2v) is 12.6. The molecule has 5 aromatic rings. The van der Waals surface area contributed by atoms with E-state index in [4.69, 9.17) is 17.0 Å². The predicted molar refractivity (Wildman–Crippen MR) is 192 cm³/mol. The van der Waals surface area contributed by atoms with Crippen molar-refractivity contribution in [3.63, 3.8) is 0 Å². The van der Waals surface area contributed by atoms with Gasteiger partial charge in [0.2, 0.25) is 0 Å². The maximum atomic E-state index is 14.1. The van der Waals surface area contributed by atoms with Crippen LogP contribution in [0.2, 0.25) is 0 Å². The van der Waals surface area contributed by atoms with Crippen molar-refractivity contribution in [2.24, 2.45) is 0 Å². The van der Waals surface area contributed by atoms with Crippen LogP contribution in [0.15, 0.2) is 113 Å². The number of benzene rings is 4. The number of anilines is 2. The molecule has 1 aliphatic heterocycles. The van der Waals surface area contributed by atoms with Crippen LogP contribution in [0.4, 0.5) is 11.4 Å². The summed E-state index contributed by atoms with van der Waals surface area (Å²) in [5, 5.41) is 0.120. The number of ether oxygens (including phenoxy) is 1. The lowest BCUT2D eigenvalue weighted by Crippen LogP contribution is -2.57. The normalized spacial score (nSPS) is 14.4. The van der Waals surface area contributed by atoms with Crippen LogP contribution in [-0.4, -0.2) is 21.5 Å². The quantitative estimate of drug-likeness (QED) is 0.0974. The number of nitrogens with zero attached hydrogens (tertiary/aromatic N) is 3. The minimum absolute atomic E-state index is 0.0348. The van der Waals surface area contributed by atoms with E-state index < -0.39 is 11.8 Å². The minimum Gasteiger partial charge on any atom is -0.489 e. The molecule has 1 saturated heterocycles. The van der Waals surface area contributed by atoms with Crippen molar-refractivity contribution in [1.29, 1.82) is 0 Å². The zero-order chi connectivity index (χ0) is 32.5. The molecule has 6 rings (SSSR count). The van der Waals surface area contributed by atoms with E-state index in [1.54, 1.807) is 6.08 Å². The average Bonchev–Trinajstić information content (AvgIpc) is 3.33. The fourth-order valence-electron chi connectivity index (χ4n) is 5.55. The zero-order valence-electron chi connectivity index (χ0n) is 26.0. The predicted octanol–water partition coefficient (Wildman–Crippen LogP) is 8.80. The summed E-state index contributed by atoms with van der Waals surface area (Å²) >= 11 is 9.26. The van der Waals surface area contributed by atoms with Gasteiger partial charge in [-0.05, 0) is 135 Å². The molecule has 1 aliphatic rings. The first kappa shape index (κ1) is 31.2. The van der Waals surface area contributed by atoms with Crippen molar-refractivity contribution in [2.75, 3.05) is 9.80 Å². The summed E-state index contributed by atoms with van der Waals surface area (Å²) in [5.74, 6) is -0.154. The van der Waals surface area contributed by atoms with E-state index in [0.717, 1.165) is 49.6 Å². The first-order valence-electron chi connectivity index (χ1n) is 14.9. The highest BCUT2D eigenvalue weighted by molar-refractivity contribution is 9.10. The molecule has 4 aromatic carbocycles. The Morgan fingerprint density at radius 3 is 2.00 bits per heavy atom. The number of halogens is 1. The van der Waals surface area contributed by atoms with Crippen LogP contribution in [0, 0.1) is 27.7 Å². The summed E-state index contributed by atoms with van der Waals surface area (Å²) in [5.41, 5.74) is 8.02. The first-order chi connectivity index (χ1) is 22.1. The molecule has 0 atom stereocenters. The van der Waals surface area contributed by atoms with Crippen LogP contribution in [0.3, 0.4) is 0 Å². The largest absolute Gasteiger partial charge is 0.489 e. The van der Waals surface area contributed by atoms with Gasteiger partial charge in [0.05, 0.1) is 11.4 Å². The van der Waals surface area contributed by atoms with Crippen LogP contribution < -0.4 is 14.5 Å². The zero-order valence-corrected chi connectivity index (χ0v) is 28.4. The SMILES string of the molecule is Cc1ccc(N2C(=O)/C(=C\c3cc(C)n(-c4ccc(OCc5ccc(Br)cc5)cc4)c3C)C(=O)N(c3ccccc3)C2=S)cc1C. The van der Waals surface area contributed by atoms with Crippen LogP contribution >= 0.6 is 28.1 Å². The van der Waals surface area contributed by atoms with Crippen molar-refractivity contribution < 1.29 is 14.3 Å². The Balaban J connectivity index is 1.34. The smallest absolute Gasteiger partial charge is 0.270 e. The highest BCUT2D eigenvalue weighted by atomic mass is 79.9. The first-order valence-corrected chi connectivity index (χ1v) is 16.1. The molecule has 1 fully saturated rings. The standard InChI is InChI=1S/C38H32BrN3O3S/c1-24-10-15-33(20-25(24)2)42-37(44)35(36(43)41(38(42)46)31-8-6-5-7-9-31)22-29-21-26(3)40(27(29)4)32-16-18-34(19-17-32)45-23-28-11-13-30(39)14-12-28/h5-22H,23H2,1-4H3/b35-22-. The van der Waals surface area contributed by atoms with E-state index >= 15 is 0 Å². The highest BCUT2D eigenvalue weighted by Gasteiger charge is 2.41. The molecule has 0 radical (unpaired) electrons. The molecule has 0 aliphatic carbocycles. The van der Waals surface area contributed by atoms with Crippen molar-refractivity contribution in [1.82, 2.24) is 4.57 Å². The maximum Gasteiger partial charge on any atom is 0.270 e. The summed E-state index contributed by atoms with van der Waals surface area (Å²) in [6.45, 7) is 8.46. The van der Waals surface area contributed by atoms with Gasteiger partial charge in [-0.2, -0.15) is 0 Å². The van der Waals surface area contributed by atoms with Crippen molar-refractivity contribution in [3.05, 3.63) is 147 Å². The molecule has 46 heavy (non-hydrogen) atoms. The number of rotatable bonds is 7. The number of carbonyl (C=O) groups is 2. The molecule has 8 heteroatoms. The number of hydrogen-bond donors (Lipinski definition) is 0. The molecule has 0 unspecified atom stereocenters. The van der Waals surface area contributed by atoms with Gasteiger partial charge in [-0.15, -0.1) is 0 Å². The van der Waals surface area contributed by atoms with Crippen LogP contribution in [0.5, 0.6) is 5.75 Å². The fourth-order valence-corrected chi connectivity index (χ4v) is 6.19. The van der Waals surface area contributed by atoms with Gasteiger partial charge in [0.25, 0.3) is 11.8 Å². The summed E-state index contributed by atoms with van der Waals surface area (Å²) < 4.78 is 9.13. The molecule has 6 nitrogen and oxygen atoms in total. The highest BCUT2D eigenvalue weighted by Crippen LogP contribution is 2.32. The van der Waals surface area contributed by atoms with E-state index in [9.17, 15) is 9.59 Å². The average molecular weight is 691 g/mol. The molecule has 1 aromatic heterocycles. The molecular weight excluding hydrogens is 658 g/mol. The molecule has 2 amide bonds. The van der Waals surface area contributed by atoms with Crippen molar-refractivity contribution >= 4 is 62.5 Å². The topological polar surface area (TPSA) is 54.8 Å². The molecule has 0 bridgehead atoms. The number of carbonyl (C=O) groups excluding carboxylic acids is 2. The van der Waals surface area contributed by atoms with E-state index in [2.05, 4.69) is 20.5 Å². The molecule has 0 N–H and O–H groups in total. The third-order valence-electron chi connectivity index (χ3n) is 8.20. The molecule has 2 heterocycles. The fraction of sp³-hybridized carbons (Fsp3) is 0.132. The third kappa shape index (κ3) is 6.06. The van der Waals surface area contributed by atoms with Crippen LogP contribution in [-0.2, 0) is 16.2 Å². The Morgan fingerprint density at radius 2 is 1.35 bits per heavy atom. The van der Waals surface area contributed by atoms with Crippen LogP contribution in [0.25, 0.3) is 11.8 Å². The van der Waals surface area contributed by atoms with Gasteiger partial charge in [-0.3, -0.25) is 19.4 Å². The van der Waals surface area contributed by atoms with Gasteiger partial charge in [-0.25, -0.2) is 0 Å². The van der Waals surface area contributed by atoms with E-state index in [-0.39, 0.29) is 10.7 Å². The van der Waals surface area contributed by atoms with Crippen molar-refractivity contribution in [3.8, 4) is 11.4 Å². The van der Waals surface area contributed by atoms with Gasteiger partial charge >= 0.3 is 0 Å². The van der Waals surface area contributed by atoms with E-state index in [1.807, 2.05) is 131 Å². The van der Waals surface area contributed by atoms with Gasteiger partial charge in [0.1, 0.15) is 17.9 Å². The maximum absolute atomic E-state index is 14.1. The number of thiocarbonyl (C=S) groups is 1.